The number of aliphatic hydroxyl groups excluding tert-OH is 1. The van der Waals surface area contributed by atoms with Crippen LogP contribution in [0.15, 0.2) is 0 Å². The summed E-state index contributed by atoms with van der Waals surface area (Å²) in [5, 5.41) is 10.2. The van der Waals surface area contributed by atoms with Crippen LogP contribution in [-0.4, -0.2) is 59.8 Å². The molecule has 3 heterocycles. The first kappa shape index (κ1) is 9.13. The summed E-state index contributed by atoms with van der Waals surface area (Å²) >= 11 is 0. The van der Waals surface area contributed by atoms with E-state index >= 15 is 0 Å². The van der Waals surface area contributed by atoms with Gasteiger partial charge in [-0.2, -0.15) is 0 Å². The topological polar surface area (TPSA) is 26.7 Å². The largest absolute Gasteiger partial charge is 0.391 e. The van der Waals surface area contributed by atoms with Crippen LogP contribution < -0.4 is 0 Å². The standard InChI is InChI=1S/C11H20N2O/c14-11(9-2-1-3-9)10-8-12-4-6-13(10)7-5-12/h9-11,14H,1-8H2. The first-order chi connectivity index (χ1) is 6.84. The summed E-state index contributed by atoms with van der Waals surface area (Å²) in [6, 6.07) is 0.447. The minimum absolute atomic E-state index is 0.0492. The third-order valence-electron chi connectivity index (χ3n) is 4.35. The summed E-state index contributed by atoms with van der Waals surface area (Å²) in [5.41, 5.74) is 0. The van der Waals surface area contributed by atoms with Crippen LogP contribution in [0.1, 0.15) is 19.3 Å². The van der Waals surface area contributed by atoms with E-state index in [1.165, 1.54) is 45.4 Å². The Hall–Kier alpha value is -0.120. The molecule has 3 aliphatic heterocycles. The second-order valence-corrected chi connectivity index (χ2v) is 5.09. The fraction of sp³-hybridized carbons (Fsp3) is 1.00. The summed E-state index contributed by atoms with van der Waals surface area (Å²) in [4.78, 5) is 5.01. The fourth-order valence-corrected chi connectivity index (χ4v) is 3.08. The second kappa shape index (κ2) is 3.47. The number of fused-ring (bicyclic) bond motifs is 3. The van der Waals surface area contributed by atoms with E-state index in [2.05, 4.69) is 9.80 Å². The normalized spacial score (nSPS) is 44.8. The predicted octanol–water partition coefficient (Wildman–Crippen LogP) is 0.147. The molecular formula is C11H20N2O. The van der Waals surface area contributed by atoms with Gasteiger partial charge < -0.3 is 5.11 Å². The molecule has 0 radical (unpaired) electrons. The number of nitrogens with zero attached hydrogens (tertiary/aromatic N) is 2. The van der Waals surface area contributed by atoms with Gasteiger partial charge in [-0.25, -0.2) is 0 Å². The minimum Gasteiger partial charge on any atom is -0.391 e. The molecule has 4 aliphatic rings. The van der Waals surface area contributed by atoms with Crippen LogP contribution in [0.5, 0.6) is 0 Å². The maximum atomic E-state index is 10.2. The van der Waals surface area contributed by atoms with E-state index in [0.717, 1.165) is 6.54 Å². The van der Waals surface area contributed by atoms with Gasteiger partial charge in [-0.3, -0.25) is 9.80 Å². The maximum absolute atomic E-state index is 10.2. The van der Waals surface area contributed by atoms with Gasteiger partial charge in [0.2, 0.25) is 0 Å². The molecule has 2 atom stereocenters. The quantitative estimate of drug-likeness (QED) is 0.681. The van der Waals surface area contributed by atoms with Gasteiger partial charge >= 0.3 is 0 Å². The highest BCUT2D eigenvalue weighted by Crippen LogP contribution is 2.33. The van der Waals surface area contributed by atoms with Crippen molar-refractivity contribution in [3.05, 3.63) is 0 Å². The highest BCUT2D eigenvalue weighted by molar-refractivity contribution is 4.95. The molecule has 1 aliphatic carbocycles. The molecule has 4 fully saturated rings. The van der Waals surface area contributed by atoms with Crippen molar-refractivity contribution in [2.24, 2.45) is 5.92 Å². The van der Waals surface area contributed by atoms with Crippen LogP contribution >= 0.6 is 0 Å². The molecule has 0 aromatic rings. The molecule has 0 spiro atoms. The third-order valence-corrected chi connectivity index (χ3v) is 4.35. The maximum Gasteiger partial charge on any atom is 0.0735 e. The van der Waals surface area contributed by atoms with Gasteiger partial charge in [-0.05, 0) is 18.8 Å². The van der Waals surface area contributed by atoms with Crippen LogP contribution in [0.25, 0.3) is 0 Å². The molecule has 3 heteroatoms. The SMILES string of the molecule is OC(C1CCC1)C1CN2CCN1CC2. The van der Waals surface area contributed by atoms with Gasteiger partial charge in [0, 0.05) is 38.8 Å². The lowest BCUT2D eigenvalue weighted by Gasteiger charge is -2.51. The first-order valence-corrected chi connectivity index (χ1v) is 5.99. The van der Waals surface area contributed by atoms with E-state index in [1.807, 2.05) is 0 Å². The zero-order chi connectivity index (χ0) is 9.54. The number of hydrogen-bond acceptors (Lipinski definition) is 3. The van der Waals surface area contributed by atoms with Crippen molar-refractivity contribution in [3.8, 4) is 0 Å². The smallest absolute Gasteiger partial charge is 0.0735 e. The fourth-order valence-electron chi connectivity index (χ4n) is 3.08. The average Bonchev–Trinajstić information content (AvgIpc) is 2.17. The van der Waals surface area contributed by atoms with Crippen molar-refractivity contribution in [2.45, 2.75) is 31.4 Å². The van der Waals surface area contributed by atoms with Gasteiger partial charge in [0.25, 0.3) is 0 Å². The lowest BCUT2D eigenvalue weighted by atomic mass is 9.77. The highest BCUT2D eigenvalue weighted by atomic mass is 16.3. The molecule has 2 unspecified atom stereocenters. The van der Waals surface area contributed by atoms with Crippen LogP contribution in [0, 0.1) is 5.92 Å². The summed E-state index contributed by atoms with van der Waals surface area (Å²) in [6.07, 6.45) is 3.79. The lowest BCUT2D eigenvalue weighted by molar-refractivity contribution is -0.0770. The Kier molecular flexibility index (Phi) is 2.26. The number of aliphatic hydroxyl groups is 1. The second-order valence-electron chi connectivity index (χ2n) is 5.09. The molecule has 3 saturated heterocycles. The Labute approximate surface area is 85.7 Å². The highest BCUT2D eigenvalue weighted by Gasteiger charge is 2.40. The zero-order valence-corrected chi connectivity index (χ0v) is 8.73. The van der Waals surface area contributed by atoms with Gasteiger partial charge in [0.15, 0.2) is 0 Å². The summed E-state index contributed by atoms with van der Waals surface area (Å²) in [5.74, 6) is 0.612. The molecule has 80 valence electrons. The summed E-state index contributed by atoms with van der Waals surface area (Å²) in [7, 11) is 0. The van der Waals surface area contributed by atoms with E-state index < -0.39 is 0 Å². The monoisotopic (exact) mass is 196 g/mol. The van der Waals surface area contributed by atoms with Crippen molar-refractivity contribution < 1.29 is 5.11 Å². The van der Waals surface area contributed by atoms with E-state index in [9.17, 15) is 5.11 Å². The Bertz CT molecular complexity index is 209. The summed E-state index contributed by atoms with van der Waals surface area (Å²) in [6.45, 7) is 5.89. The minimum atomic E-state index is -0.0492. The Morgan fingerprint density at radius 2 is 1.79 bits per heavy atom. The zero-order valence-electron chi connectivity index (χ0n) is 8.73. The molecule has 3 nitrogen and oxygen atoms in total. The van der Waals surface area contributed by atoms with Crippen LogP contribution in [0.3, 0.4) is 0 Å². The van der Waals surface area contributed by atoms with E-state index in [-0.39, 0.29) is 6.10 Å². The average molecular weight is 196 g/mol. The Morgan fingerprint density at radius 1 is 1.07 bits per heavy atom. The molecule has 1 N–H and O–H groups in total. The molecule has 4 rings (SSSR count). The van der Waals surface area contributed by atoms with Crippen LogP contribution in [-0.2, 0) is 0 Å². The number of piperazine rings is 3. The van der Waals surface area contributed by atoms with E-state index in [0.29, 0.717) is 12.0 Å². The molecule has 2 bridgehead atoms. The van der Waals surface area contributed by atoms with Gasteiger partial charge in [0.05, 0.1) is 6.10 Å². The van der Waals surface area contributed by atoms with Crippen molar-refractivity contribution in [1.82, 2.24) is 9.80 Å². The van der Waals surface area contributed by atoms with Crippen LogP contribution in [0.2, 0.25) is 0 Å². The number of rotatable bonds is 2. The summed E-state index contributed by atoms with van der Waals surface area (Å²) < 4.78 is 0. The number of hydrogen-bond donors (Lipinski definition) is 1. The Balaban J connectivity index is 1.66. The molecular weight excluding hydrogens is 176 g/mol. The van der Waals surface area contributed by atoms with Crippen molar-refractivity contribution in [2.75, 3.05) is 32.7 Å². The van der Waals surface area contributed by atoms with Gasteiger partial charge in [-0.1, -0.05) is 6.42 Å². The van der Waals surface area contributed by atoms with Crippen LogP contribution in [0.4, 0.5) is 0 Å². The van der Waals surface area contributed by atoms with Gasteiger partial charge in [0.1, 0.15) is 0 Å². The molecule has 14 heavy (non-hydrogen) atoms. The predicted molar refractivity (Wildman–Crippen MR) is 55.1 cm³/mol. The third kappa shape index (κ3) is 1.38. The Morgan fingerprint density at radius 3 is 2.21 bits per heavy atom. The molecule has 0 aromatic heterocycles. The van der Waals surface area contributed by atoms with Gasteiger partial charge in [-0.15, -0.1) is 0 Å². The molecule has 0 amide bonds. The van der Waals surface area contributed by atoms with Crippen molar-refractivity contribution >= 4 is 0 Å². The molecule has 1 saturated carbocycles. The van der Waals surface area contributed by atoms with E-state index in [4.69, 9.17) is 0 Å². The molecule has 0 aromatic carbocycles. The lowest BCUT2D eigenvalue weighted by Crippen LogP contribution is -2.65. The van der Waals surface area contributed by atoms with Crippen molar-refractivity contribution in [3.63, 3.8) is 0 Å². The van der Waals surface area contributed by atoms with Crippen molar-refractivity contribution in [1.29, 1.82) is 0 Å². The van der Waals surface area contributed by atoms with E-state index in [1.54, 1.807) is 0 Å². The first-order valence-electron chi connectivity index (χ1n) is 5.99.